The van der Waals surface area contributed by atoms with Gasteiger partial charge in [-0.05, 0) is 154 Å². The smallest absolute Gasteiger partial charge is 0.160 e. The maximum absolute atomic E-state index is 7.22. The molecule has 0 unspecified atom stereocenters. The standard InChI is InChI=1S/C66H112N8O6/c1-19-75-65-35-67-73(53(65)13)39-57-25-21-55(22-26-57)33-63-41-71(17)59(29-47(3)4)43-77-52(12)38-70(16)62(32-50(9)10)46-80-64(34-56-23-27-58(28-24-56)40-74-54(14)66(36-68-74)76-20-2)42-72(18)60(30-48(5)6)44-78-51(11)37-69(15)61(45-79-63)31-49(7)8/h21-28,35-36,47-52,59-64H,19-20,29-34,37-46H2,1-18H3/t51-,52-,59+,60+,61+,62+,63-,64-/m1/s1. The molecule has 1 saturated heterocycles. The number of likely N-dealkylation sites (N-methyl/N-ethyl adjacent to an activating group) is 4. The summed E-state index contributed by atoms with van der Waals surface area (Å²) in [6.07, 6.45) is 9.45. The molecule has 0 amide bonds. The molecule has 1 fully saturated rings. The van der Waals surface area contributed by atoms with E-state index in [1.807, 2.05) is 35.6 Å². The van der Waals surface area contributed by atoms with E-state index in [0.717, 1.165) is 87.6 Å². The van der Waals surface area contributed by atoms with E-state index in [1.54, 1.807) is 0 Å². The topological polar surface area (TPSA) is 104 Å². The summed E-state index contributed by atoms with van der Waals surface area (Å²) in [7, 11) is 9.09. The first kappa shape index (κ1) is 66.9. The molecule has 14 nitrogen and oxygen atoms in total. The fourth-order valence-electron chi connectivity index (χ4n) is 11.4. The van der Waals surface area contributed by atoms with Crippen LogP contribution >= 0.6 is 0 Å². The van der Waals surface area contributed by atoms with E-state index in [-0.39, 0.29) is 48.6 Å². The second-order valence-electron chi connectivity index (χ2n) is 25.5. The Labute approximate surface area is 486 Å². The summed E-state index contributed by atoms with van der Waals surface area (Å²) in [6, 6.07) is 19.0. The van der Waals surface area contributed by atoms with Crippen molar-refractivity contribution in [3.63, 3.8) is 0 Å². The molecule has 0 bridgehead atoms. The summed E-state index contributed by atoms with van der Waals surface area (Å²) in [6.45, 7) is 39.8. The number of nitrogens with zero attached hydrogens (tertiary/aromatic N) is 8. The molecule has 452 valence electrons. The lowest BCUT2D eigenvalue weighted by Gasteiger charge is -2.37. The fourth-order valence-corrected chi connectivity index (χ4v) is 11.4. The average molecular weight is 1110 g/mol. The Hall–Kier alpha value is -3.86. The summed E-state index contributed by atoms with van der Waals surface area (Å²) >= 11 is 0. The zero-order valence-corrected chi connectivity index (χ0v) is 53.5. The number of aromatic nitrogens is 4. The van der Waals surface area contributed by atoms with Crippen LogP contribution in [0.15, 0.2) is 60.9 Å². The lowest BCUT2D eigenvalue weighted by Crippen LogP contribution is -2.47. The van der Waals surface area contributed by atoms with Gasteiger partial charge in [0.1, 0.15) is 0 Å². The number of hydrogen-bond acceptors (Lipinski definition) is 12. The van der Waals surface area contributed by atoms with Crippen LogP contribution < -0.4 is 9.47 Å². The van der Waals surface area contributed by atoms with E-state index in [2.05, 4.69) is 190 Å². The average Bonchev–Trinajstić information content (AvgIpc) is 3.92. The highest BCUT2D eigenvalue weighted by molar-refractivity contribution is 5.28. The minimum atomic E-state index is -0.0207. The van der Waals surface area contributed by atoms with Gasteiger partial charge in [-0.15, -0.1) is 0 Å². The molecule has 0 saturated carbocycles. The van der Waals surface area contributed by atoms with Gasteiger partial charge in [-0.2, -0.15) is 10.2 Å². The quantitative estimate of drug-likeness (QED) is 0.0842. The summed E-state index contributed by atoms with van der Waals surface area (Å²) in [5.74, 6) is 3.74. The first-order valence-corrected chi connectivity index (χ1v) is 30.8. The molecule has 1 aliphatic heterocycles. The Morgan fingerprint density at radius 1 is 0.450 bits per heavy atom. The maximum Gasteiger partial charge on any atom is 0.160 e. The third kappa shape index (κ3) is 22.7. The molecular formula is C66H112N8O6. The molecule has 8 atom stereocenters. The van der Waals surface area contributed by atoms with Gasteiger partial charge in [0.05, 0.1) is 101 Å². The molecule has 80 heavy (non-hydrogen) atoms. The van der Waals surface area contributed by atoms with Crippen molar-refractivity contribution in [2.75, 3.05) is 94.0 Å². The van der Waals surface area contributed by atoms with Crippen molar-refractivity contribution >= 4 is 0 Å². The van der Waals surface area contributed by atoms with Gasteiger partial charge >= 0.3 is 0 Å². The highest BCUT2D eigenvalue weighted by Crippen LogP contribution is 2.24. The molecule has 3 heterocycles. The first-order valence-electron chi connectivity index (χ1n) is 30.8. The van der Waals surface area contributed by atoms with Crippen molar-refractivity contribution in [1.82, 2.24) is 39.2 Å². The van der Waals surface area contributed by atoms with Gasteiger partial charge in [0.2, 0.25) is 0 Å². The normalized spacial score (nSPS) is 24.3. The number of ether oxygens (including phenoxy) is 6. The molecule has 2 aromatic carbocycles. The predicted octanol–water partition coefficient (Wildman–Crippen LogP) is 11.4. The van der Waals surface area contributed by atoms with Gasteiger partial charge in [0, 0.05) is 50.3 Å². The molecule has 0 N–H and O–H groups in total. The van der Waals surface area contributed by atoms with Crippen LogP contribution in [0.25, 0.3) is 0 Å². The third-order valence-corrected chi connectivity index (χ3v) is 16.1. The number of benzene rings is 2. The minimum absolute atomic E-state index is 0.0207. The zero-order chi connectivity index (χ0) is 58.5. The van der Waals surface area contributed by atoms with Crippen LogP contribution in [-0.4, -0.2) is 182 Å². The maximum atomic E-state index is 7.22. The Morgan fingerprint density at radius 3 is 1.04 bits per heavy atom. The van der Waals surface area contributed by atoms with E-state index >= 15 is 0 Å². The molecule has 14 heteroatoms. The number of hydrogen-bond donors (Lipinski definition) is 0. The summed E-state index contributed by atoms with van der Waals surface area (Å²) in [5.41, 5.74) is 7.05. The molecular weight excluding hydrogens is 1000 g/mol. The Kier molecular flexibility index (Phi) is 28.5. The van der Waals surface area contributed by atoms with Crippen molar-refractivity contribution in [2.45, 2.75) is 197 Å². The summed E-state index contributed by atoms with van der Waals surface area (Å²) in [5, 5.41) is 9.25. The molecule has 2 aromatic heterocycles. The summed E-state index contributed by atoms with van der Waals surface area (Å²) < 4.78 is 43.9. The third-order valence-electron chi connectivity index (χ3n) is 16.1. The minimum Gasteiger partial charge on any atom is -0.490 e. The van der Waals surface area contributed by atoms with Crippen LogP contribution in [0.1, 0.15) is 142 Å². The lowest BCUT2D eigenvalue weighted by atomic mass is 10.0. The Balaban J connectivity index is 1.41. The van der Waals surface area contributed by atoms with Crippen LogP contribution in [0.4, 0.5) is 0 Å². The molecule has 5 rings (SSSR count). The van der Waals surface area contributed by atoms with E-state index in [1.165, 1.54) is 22.3 Å². The van der Waals surface area contributed by atoms with Crippen molar-refractivity contribution in [2.24, 2.45) is 23.7 Å². The largest absolute Gasteiger partial charge is 0.490 e. The van der Waals surface area contributed by atoms with Crippen LogP contribution in [0.3, 0.4) is 0 Å². The molecule has 4 aromatic rings. The van der Waals surface area contributed by atoms with Crippen molar-refractivity contribution in [3.8, 4) is 11.5 Å². The molecule has 0 radical (unpaired) electrons. The SMILES string of the molecule is CCOc1cnn(Cc2ccc(C[C@@H]3CN(C)[C@@H](CC(C)C)CO[C@H](C)CN(C)[C@@H](CC(C)C)CO[C@H](Cc4ccc(Cn5ncc(OCC)c5C)cc4)CN(C)[C@@H](CC(C)C)CO[C@H](C)CN(C)[C@@H](CC(C)C)CO3)cc2)c1C. The van der Waals surface area contributed by atoms with Crippen LogP contribution in [0.5, 0.6) is 11.5 Å². The summed E-state index contributed by atoms with van der Waals surface area (Å²) in [4.78, 5) is 10.0. The fraction of sp³-hybridized carbons (Fsp3) is 0.727. The second-order valence-corrected chi connectivity index (χ2v) is 25.5. The number of rotatable bonds is 20. The Morgan fingerprint density at radius 2 is 0.738 bits per heavy atom. The van der Waals surface area contributed by atoms with Crippen LogP contribution in [0, 0.1) is 37.5 Å². The van der Waals surface area contributed by atoms with Gasteiger partial charge < -0.3 is 28.4 Å². The lowest BCUT2D eigenvalue weighted by molar-refractivity contribution is -0.0536. The van der Waals surface area contributed by atoms with Crippen molar-refractivity contribution in [3.05, 3.63) is 94.6 Å². The molecule has 0 spiro atoms. The van der Waals surface area contributed by atoms with Crippen molar-refractivity contribution in [1.29, 1.82) is 0 Å². The van der Waals surface area contributed by atoms with Gasteiger partial charge in [0.25, 0.3) is 0 Å². The monoisotopic (exact) mass is 1110 g/mol. The van der Waals surface area contributed by atoms with E-state index in [9.17, 15) is 0 Å². The van der Waals surface area contributed by atoms with Crippen LogP contribution in [-0.2, 0) is 44.9 Å². The van der Waals surface area contributed by atoms with Gasteiger partial charge in [-0.3, -0.25) is 29.0 Å². The van der Waals surface area contributed by atoms with E-state index < -0.39 is 0 Å². The highest BCUT2D eigenvalue weighted by Gasteiger charge is 2.29. The highest BCUT2D eigenvalue weighted by atomic mass is 16.5. The van der Waals surface area contributed by atoms with Crippen molar-refractivity contribution < 1.29 is 28.4 Å². The molecule has 1 aliphatic rings. The van der Waals surface area contributed by atoms with Gasteiger partial charge in [-0.25, -0.2) is 0 Å². The Bertz CT molecular complexity index is 2120. The predicted molar refractivity (Wildman–Crippen MR) is 329 cm³/mol. The molecule has 0 aliphatic carbocycles. The zero-order valence-electron chi connectivity index (χ0n) is 53.5. The van der Waals surface area contributed by atoms with Gasteiger partial charge in [0.15, 0.2) is 11.5 Å². The van der Waals surface area contributed by atoms with Crippen LogP contribution in [0.2, 0.25) is 0 Å². The van der Waals surface area contributed by atoms with Gasteiger partial charge in [-0.1, -0.05) is 104 Å². The second kappa shape index (κ2) is 34.0. The van der Waals surface area contributed by atoms with E-state index in [4.69, 9.17) is 28.4 Å². The first-order chi connectivity index (χ1) is 38.1. The van der Waals surface area contributed by atoms with E-state index in [0.29, 0.717) is 76.4 Å².